The molecular weight excluding hydrogens is 334 g/mol. The van der Waals surface area contributed by atoms with Gasteiger partial charge in [-0.1, -0.05) is 0 Å². The first-order valence-corrected chi connectivity index (χ1v) is 7.44. The monoisotopic (exact) mass is 345 g/mol. The number of carbonyl (C=O) groups is 1. The van der Waals surface area contributed by atoms with E-state index in [1.54, 1.807) is 15.6 Å². The number of nitrogens with zero attached hydrogens (tertiary/aromatic N) is 5. The van der Waals surface area contributed by atoms with E-state index in [1.165, 1.54) is 0 Å². The Labute approximate surface area is 129 Å². The van der Waals surface area contributed by atoms with Crippen LogP contribution in [0.15, 0.2) is 41.3 Å². The zero-order chi connectivity index (χ0) is 14.4. The van der Waals surface area contributed by atoms with Crippen molar-refractivity contribution in [3.8, 4) is 0 Å². The van der Waals surface area contributed by atoms with E-state index >= 15 is 0 Å². The first-order valence-electron chi connectivity index (χ1n) is 6.65. The van der Waals surface area contributed by atoms with Crippen molar-refractivity contribution in [1.82, 2.24) is 24.1 Å². The Morgan fingerprint density at radius 3 is 3.10 bits per heavy atom. The minimum Gasteiger partial charge on any atom is -0.332 e. The van der Waals surface area contributed by atoms with E-state index in [0.717, 1.165) is 22.4 Å². The fourth-order valence-corrected chi connectivity index (χ4v) is 2.90. The molecule has 0 fully saturated rings. The predicted molar refractivity (Wildman–Crippen MR) is 79.9 cm³/mol. The van der Waals surface area contributed by atoms with Crippen LogP contribution in [0, 0.1) is 0 Å². The summed E-state index contributed by atoms with van der Waals surface area (Å²) in [6, 6.07) is 5.68. The van der Waals surface area contributed by atoms with Crippen LogP contribution in [0.3, 0.4) is 0 Å². The maximum Gasteiger partial charge on any atom is 0.274 e. The van der Waals surface area contributed by atoms with Crippen LogP contribution in [0.1, 0.15) is 16.3 Å². The Kier molecular flexibility index (Phi) is 2.81. The Hall–Kier alpha value is -2.15. The number of halogens is 1. The number of pyridine rings is 1. The van der Waals surface area contributed by atoms with Gasteiger partial charge >= 0.3 is 0 Å². The van der Waals surface area contributed by atoms with E-state index in [-0.39, 0.29) is 5.91 Å². The summed E-state index contributed by atoms with van der Waals surface area (Å²) in [4.78, 5) is 18.7. The molecule has 0 radical (unpaired) electrons. The van der Waals surface area contributed by atoms with Crippen LogP contribution in [0.4, 0.5) is 0 Å². The molecule has 0 unspecified atom stereocenters. The second-order valence-electron chi connectivity index (χ2n) is 5.01. The molecule has 0 aliphatic carbocycles. The van der Waals surface area contributed by atoms with Crippen molar-refractivity contribution in [2.24, 2.45) is 0 Å². The maximum absolute atomic E-state index is 12.6. The van der Waals surface area contributed by atoms with Gasteiger partial charge in [0.15, 0.2) is 5.69 Å². The summed E-state index contributed by atoms with van der Waals surface area (Å²) in [6.45, 7) is 1.99. The van der Waals surface area contributed by atoms with Crippen molar-refractivity contribution < 1.29 is 4.79 Å². The SMILES string of the molecule is O=C(c1cc2ccc(Br)cn2n1)N1CCn2ccnc2C1. The first-order chi connectivity index (χ1) is 10.2. The first kappa shape index (κ1) is 12.6. The molecule has 3 aromatic rings. The summed E-state index contributed by atoms with van der Waals surface area (Å²) in [5.41, 5.74) is 1.37. The molecule has 7 heteroatoms. The highest BCUT2D eigenvalue weighted by molar-refractivity contribution is 9.10. The van der Waals surface area contributed by atoms with Crippen molar-refractivity contribution in [3.05, 3.63) is 52.8 Å². The minimum absolute atomic E-state index is 0.0518. The molecule has 1 aliphatic rings. The van der Waals surface area contributed by atoms with E-state index in [4.69, 9.17) is 0 Å². The van der Waals surface area contributed by atoms with Gasteiger partial charge in [0.05, 0.1) is 12.1 Å². The lowest BCUT2D eigenvalue weighted by Gasteiger charge is -2.26. The van der Waals surface area contributed by atoms with Crippen LogP contribution >= 0.6 is 15.9 Å². The van der Waals surface area contributed by atoms with Crippen molar-refractivity contribution in [2.45, 2.75) is 13.1 Å². The molecule has 106 valence electrons. The molecule has 0 spiro atoms. The summed E-state index contributed by atoms with van der Waals surface area (Å²) in [5, 5.41) is 4.36. The van der Waals surface area contributed by atoms with Crippen molar-refractivity contribution in [3.63, 3.8) is 0 Å². The fourth-order valence-electron chi connectivity index (χ4n) is 2.57. The van der Waals surface area contributed by atoms with Crippen LogP contribution in [-0.4, -0.2) is 36.5 Å². The third-order valence-corrected chi connectivity index (χ3v) is 4.14. The van der Waals surface area contributed by atoms with Gasteiger partial charge in [-0.25, -0.2) is 9.50 Å². The Morgan fingerprint density at radius 2 is 2.19 bits per heavy atom. The molecular formula is C14H12BrN5O. The standard InChI is InChI=1S/C14H12BrN5O/c15-10-1-2-11-7-12(17-20(11)8-10)14(21)19-6-5-18-4-3-16-13(18)9-19/h1-4,7-8H,5-6,9H2. The van der Waals surface area contributed by atoms with Crippen LogP contribution in [0.5, 0.6) is 0 Å². The number of hydrogen-bond acceptors (Lipinski definition) is 3. The largest absolute Gasteiger partial charge is 0.332 e. The molecule has 0 atom stereocenters. The van der Waals surface area contributed by atoms with Crippen LogP contribution < -0.4 is 0 Å². The topological polar surface area (TPSA) is 55.4 Å². The highest BCUT2D eigenvalue weighted by Gasteiger charge is 2.24. The third kappa shape index (κ3) is 2.13. The van der Waals surface area contributed by atoms with Crippen LogP contribution in [0.25, 0.3) is 5.52 Å². The summed E-state index contributed by atoms with van der Waals surface area (Å²) in [7, 11) is 0. The molecule has 1 aliphatic heterocycles. The smallest absolute Gasteiger partial charge is 0.274 e. The van der Waals surface area contributed by atoms with E-state index in [1.807, 2.05) is 30.6 Å². The van der Waals surface area contributed by atoms with E-state index in [0.29, 0.717) is 18.8 Å². The average molecular weight is 346 g/mol. The molecule has 0 saturated carbocycles. The van der Waals surface area contributed by atoms with Crippen molar-refractivity contribution in [2.75, 3.05) is 6.54 Å². The Morgan fingerprint density at radius 1 is 1.29 bits per heavy atom. The average Bonchev–Trinajstić information content (AvgIpc) is 3.11. The van der Waals surface area contributed by atoms with Gasteiger partial charge in [-0.3, -0.25) is 4.79 Å². The zero-order valence-corrected chi connectivity index (χ0v) is 12.7. The quantitative estimate of drug-likeness (QED) is 0.677. The number of carbonyl (C=O) groups excluding carboxylic acids is 1. The zero-order valence-electron chi connectivity index (χ0n) is 11.1. The molecule has 0 N–H and O–H groups in total. The second kappa shape index (κ2) is 4.70. The molecule has 0 bridgehead atoms. The molecule has 4 rings (SSSR count). The lowest BCUT2D eigenvalue weighted by atomic mass is 10.3. The lowest BCUT2D eigenvalue weighted by molar-refractivity contribution is 0.0701. The minimum atomic E-state index is -0.0518. The van der Waals surface area contributed by atoms with Gasteiger partial charge in [0, 0.05) is 36.2 Å². The highest BCUT2D eigenvalue weighted by atomic mass is 79.9. The summed E-state index contributed by atoms with van der Waals surface area (Å²) in [6.07, 6.45) is 5.56. The lowest BCUT2D eigenvalue weighted by Crippen LogP contribution is -2.38. The number of imidazole rings is 1. The number of aromatic nitrogens is 4. The van der Waals surface area contributed by atoms with Gasteiger partial charge in [-0.05, 0) is 34.1 Å². The number of fused-ring (bicyclic) bond motifs is 2. The van der Waals surface area contributed by atoms with Crippen LogP contribution in [0.2, 0.25) is 0 Å². The van der Waals surface area contributed by atoms with Crippen molar-refractivity contribution in [1.29, 1.82) is 0 Å². The van der Waals surface area contributed by atoms with Gasteiger partial charge in [0.25, 0.3) is 5.91 Å². The molecule has 0 saturated heterocycles. The Bertz CT molecular complexity index is 837. The molecule has 6 nitrogen and oxygen atoms in total. The van der Waals surface area contributed by atoms with E-state index in [9.17, 15) is 4.79 Å². The van der Waals surface area contributed by atoms with Gasteiger partial charge in [0.1, 0.15) is 5.82 Å². The highest BCUT2D eigenvalue weighted by Crippen LogP contribution is 2.16. The summed E-state index contributed by atoms with van der Waals surface area (Å²) in [5.74, 6) is 0.866. The van der Waals surface area contributed by atoms with Gasteiger partial charge in [0.2, 0.25) is 0 Å². The fraction of sp³-hybridized carbons (Fsp3) is 0.214. The maximum atomic E-state index is 12.6. The molecule has 3 aromatic heterocycles. The second-order valence-corrected chi connectivity index (χ2v) is 5.93. The van der Waals surface area contributed by atoms with Crippen LogP contribution in [-0.2, 0) is 13.1 Å². The number of amides is 1. The third-order valence-electron chi connectivity index (χ3n) is 3.67. The predicted octanol–water partition coefficient (Wildman–Crippen LogP) is 1.95. The van der Waals surface area contributed by atoms with Gasteiger partial charge < -0.3 is 9.47 Å². The summed E-state index contributed by atoms with van der Waals surface area (Å²) < 4.78 is 4.71. The van der Waals surface area contributed by atoms with Gasteiger partial charge in [-0.15, -0.1) is 0 Å². The molecule has 1 amide bonds. The van der Waals surface area contributed by atoms with Gasteiger partial charge in [-0.2, -0.15) is 5.10 Å². The number of hydrogen-bond donors (Lipinski definition) is 0. The normalized spacial score (nSPS) is 14.4. The Balaban J connectivity index is 1.64. The van der Waals surface area contributed by atoms with E-state index in [2.05, 4.69) is 30.6 Å². The molecule has 21 heavy (non-hydrogen) atoms. The molecule has 0 aromatic carbocycles. The summed E-state index contributed by atoms with van der Waals surface area (Å²) >= 11 is 3.40. The van der Waals surface area contributed by atoms with E-state index < -0.39 is 0 Å². The molecule has 4 heterocycles. The van der Waals surface area contributed by atoms with Crippen molar-refractivity contribution >= 4 is 27.4 Å². The number of rotatable bonds is 1.